The fraction of sp³-hybridized carbons (Fsp3) is 0.143. The molecule has 0 amide bonds. The first-order valence-electron chi connectivity index (χ1n) is 7.99. The minimum atomic E-state index is -0.0484. The smallest absolute Gasteiger partial charge is 0.163 e. The first kappa shape index (κ1) is 16.7. The summed E-state index contributed by atoms with van der Waals surface area (Å²) in [5, 5.41) is 0. The van der Waals surface area contributed by atoms with Gasteiger partial charge in [0.05, 0.1) is 12.7 Å². The molecule has 2 aromatic carbocycles. The van der Waals surface area contributed by atoms with Crippen LogP contribution in [0.4, 0.5) is 0 Å². The number of carbonyl (C=O) groups excluding carboxylic acids is 1. The normalized spacial score (nSPS) is 10.3. The molecule has 0 aliphatic carbocycles. The van der Waals surface area contributed by atoms with E-state index in [2.05, 4.69) is 4.98 Å². The lowest BCUT2D eigenvalue weighted by Gasteiger charge is -2.13. The molecule has 25 heavy (non-hydrogen) atoms. The van der Waals surface area contributed by atoms with Gasteiger partial charge in [0, 0.05) is 18.0 Å². The topological polar surface area (TPSA) is 48.4 Å². The van der Waals surface area contributed by atoms with Gasteiger partial charge in [0.25, 0.3) is 0 Å². The average molecular weight is 333 g/mol. The highest BCUT2D eigenvalue weighted by atomic mass is 16.5. The number of methoxy groups -OCH3 is 1. The van der Waals surface area contributed by atoms with E-state index in [1.165, 1.54) is 6.92 Å². The lowest BCUT2D eigenvalue weighted by molar-refractivity contribution is 0.101. The number of carbonyl (C=O) groups is 1. The van der Waals surface area contributed by atoms with Gasteiger partial charge in [-0.15, -0.1) is 0 Å². The summed E-state index contributed by atoms with van der Waals surface area (Å²) in [6.45, 7) is 1.95. The molecule has 4 nitrogen and oxygen atoms in total. The molecule has 3 aromatic rings. The maximum atomic E-state index is 12.1. The Hall–Kier alpha value is -3.14. The molecule has 1 heterocycles. The molecule has 4 heteroatoms. The largest absolute Gasteiger partial charge is 0.496 e. The summed E-state index contributed by atoms with van der Waals surface area (Å²) in [7, 11) is 1.61. The third-order valence-electron chi connectivity index (χ3n) is 3.91. The van der Waals surface area contributed by atoms with Crippen LogP contribution in [0.25, 0.3) is 11.1 Å². The van der Waals surface area contributed by atoms with E-state index in [0.29, 0.717) is 23.7 Å². The van der Waals surface area contributed by atoms with E-state index in [1.54, 1.807) is 25.6 Å². The van der Waals surface area contributed by atoms with Crippen LogP contribution in [0.5, 0.6) is 11.5 Å². The second-order valence-electron chi connectivity index (χ2n) is 5.62. The Kier molecular flexibility index (Phi) is 5.09. The number of aromatic nitrogens is 1. The highest BCUT2D eigenvalue weighted by molar-refractivity contribution is 5.98. The van der Waals surface area contributed by atoms with E-state index < -0.39 is 0 Å². The Morgan fingerprint density at radius 3 is 2.56 bits per heavy atom. The molecule has 0 bridgehead atoms. The lowest BCUT2D eigenvalue weighted by Crippen LogP contribution is -2.02. The zero-order valence-corrected chi connectivity index (χ0v) is 14.2. The molecular formula is C21H19NO3. The number of nitrogens with zero attached hydrogens (tertiary/aromatic N) is 1. The Balaban J connectivity index is 1.92. The predicted octanol–water partition coefficient (Wildman–Crippen LogP) is 4.54. The molecule has 0 unspecified atom stereocenters. The van der Waals surface area contributed by atoms with Crippen LogP contribution in [0.2, 0.25) is 0 Å². The van der Waals surface area contributed by atoms with Gasteiger partial charge < -0.3 is 9.47 Å². The van der Waals surface area contributed by atoms with Gasteiger partial charge in [-0.3, -0.25) is 9.78 Å². The summed E-state index contributed by atoms with van der Waals surface area (Å²) >= 11 is 0. The van der Waals surface area contributed by atoms with Gasteiger partial charge in [-0.1, -0.05) is 36.4 Å². The minimum Gasteiger partial charge on any atom is -0.496 e. The zero-order chi connectivity index (χ0) is 17.6. The standard InChI is InChI=1S/C21H19NO3/c1-15(23)18-12-17(19-13-22-11-10-20(19)24-2)8-9-21(18)25-14-16-6-4-3-5-7-16/h3-13H,14H2,1-2H3. The molecule has 126 valence electrons. The molecule has 3 rings (SSSR count). The fourth-order valence-electron chi connectivity index (χ4n) is 2.61. The van der Waals surface area contributed by atoms with Crippen LogP contribution in [0.3, 0.4) is 0 Å². The Morgan fingerprint density at radius 1 is 1.04 bits per heavy atom. The number of ether oxygens (including phenoxy) is 2. The Bertz CT molecular complexity index is 875. The van der Waals surface area contributed by atoms with E-state index in [-0.39, 0.29) is 5.78 Å². The van der Waals surface area contributed by atoms with Gasteiger partial charge in [-0.25, -0.2) is 0 Å². The van der Waals surface area contributed by atoms with Crippen LogP contribution in [-0.4, -0.2) is 17.9 Å². The Morgan fingerprint density at radius 2 is 1.84 bits per heavy atom. The number of pyridine rings is 1. The molecule has 0 atom stereocenters. The summed E-state index contributed by atoms with van der Waals surface area (Å²) in [6, 6.07) is 17.2. The Labute approximate surface area is 147 Å². The third kappa shape index (κ3) is 3.86. The molecule has 0 saturated carbocycles. The summed E-state index contributed by atoms with van der Waals surface area (Å²) in [5.74, 6) is 1.23. The van der Waals surface area contributed by atoms with Crippen LogP contribution in [0, 0.1) is 0 Å². The van der Waals surface area contributed by atoms with Gasteiger partial charge in [-0.05, 0) is 36.2 Å². The SMILES string of the molecule is COc1ccncc1-c1ccc(OCc2ccccc2)c(C(C)=O)c1. The summed E-state index contributed by atoms with van der Waals surface area (Å²) in [5.41, 5.74) is 3.29. The number of benzene rings is 2. The van der Waals surface area contributed by atoms with Crippen molar-refractivity contribution in [3.05, 3.63) is 78.1 Å². The van der Waals surface area contributed by atoms with Crippen molar-refractivity contribution in [3.8, 4) is 22.6 Å². The fourth-order valence-corrected chi connectivity index (χ4v) is 2.61. The van der Waals surface area contributed by atoms with Crippen molar-refractivity contribution in [3.63, 3.8) is 0 Å². The second-order valence-corrected chi connectivity index (χ2v) is 5.62. The third-order valence-corrected chi connectivity index (χ3v) is 3.91. The van der Waals surface area contributed by atoms with Gasteiger partial charge in [0.1, 0.15) is 18.1 Å². The average Bonchev–Trinajstić information content (AvgIpc) is 2.67. The van der Waals surface area contributed by atoms with Crippen LogP contribution in [0.1, 0.15) is 22.8 Å². The van der Waals surface area contributed by atoms with Crippen molar-refractivity contribution in [1.82, 2.24) is 4.98 Å². The molecular weight excluding hydrogens is 314 g/mol. The number of Topliss-reactive ketones (excluding diaryl/α,β-unsaturated/α-hetero) is 1. The second kappa shape index (κ2) is 7.62. The van der Waals surface area contributed by atoms with E-state index in [9.17, 15) is 4.79 Å². The zero-order valence-electron chi connectivity index (χ0n) is 14.2. The van der Waals surface area contributed by atoms with E-state index in [1.807, 2.05) is 48.5 Å². The minimum absolute atomic E-state index is 0.0484. The monoisotopic (exact) mass is 333 g/mol. The van der Waals surface area contributed by atoms with Crippen molar-refractivity contribution in [2.75, 3.05) is 7.11 Å². The molecule has 0 radical (unpaired) electrons. The van der Waals surface area contributed by atoms with E-state index in [0.717, 1.165) is 16.7 Å². The van der Waals surface area contributed by atoms with Crippen LogP contribution >= 0.6 is 0 Å². The van der Waals surface area contributed by atoms with Crippen molar-refractivity contribution in [2.24, 2.45) is 0 Å². The quantitative estimate of drug-likeness (QED) is 0.621. The maximum Gasteiger partial charge on any atom is 0.163 e. The molecule has 0 saturated heterocycles. The van der Waals surface area contributed by atoms with Gasteiger partial charge in [-0.2, -0.15) is 0 Å². The predicted molar refractivity (Wildman–Crippen MR) is 97.0 cm³/mol. The summed E-state index contributed by atoms with van der Waals surface area (Å²) in [6.07, 6.45) is 3.40. The van der Waals surface area contributed by atoms with Crippen molar-refractivity contribution >= 4 is 5.78 Å². The van der Waals surface area contributed by atoms with Gasteiger partial charge in [0.2, 0.25) is 0 Å². The number of hydrogen-bond donors (Lipinski definition) is 0. The first-order chi connectivity index (χ1) is 12.2. The van der Waals surface area contributed by atoms with Crippen molar-refractivity contribution < 1.29 is 14.3 Å². The molecule has 0 fully saturated rings. The summed E-state index contributed by atoms with van der Waals surface area (Å²) < 4.78 is 11.2. The van der Waals surface area contributed by atoms with Crippen molar-refractivity contribution in [2.45, 2.75) is 13.5 Å². The lowest BCUT2D eigenvalue weighted by atomic mass is 10.0. The molecule has 0 spiro atoms. The van der Waals surface area contributed by atoms with E-state index in [4.69, 9.17) is 9.47 Å². The van der Waals surface area contributed by atoms with Gasteiger partial charge >= 0.3 is 0 Å². The van der Waals surface area contributed by atoms with E-state index >= 15 is 0 Å². The molecule has 0 aliphatic rings. The van der Waals surface area contributed by atoms with Gasteiger partial charge in [0.15, 0.2) is 5.78 Å². The first-order valence-corrected chi connectivity index (χ1v) is 7.99. The highest BCUT2D eigenvalue weighted by Crippen LogP contribution is 2.32. The highest BCUT2D eigenvalue weighted by Gasteiger charge is 2.13. The molecule has 0 aliphatic heterocycles. The molecule has 0 N–H and O–H groups in total. The van der Waals surface area contributed by atoms with Crippen LogP contribution < -0.4 is 9.47 Å². The summed E-state index contributed by atoms with van der Waals surface area (Å²) in [4.78, 5) is 16.2. The van der Waals surface area contributed by atoms with Crippen LogP contribution in [-0.2, 0) is 6.61 Å². The number of ketones is 1. The molecule has 1 aromatic heterocycles. The maximum absolute atomic E-state index is 12.1. The number of rotatable bonds is 6. The number of hydrogen-bond acceptors (Lipinski definition) is 4. The van der Waals surface area contributed by atoms with Crippen molar-refractivity contribution in [1.29, 1.82) is 0 Å². The van der Waals surface area contributed by atoms with Crippen LogP contribution in [0.15, 0.2) is 67.0 Å².